The molecule has 6 heteroatoms. The van der Waals surface area contributed by atoms with Gasteiger partial charge in [0.15, 0.2) is 0 Å². The van der Waals surface area contributed by atoms with E-state index in [9.17, 15) is 14.4 Å². The molecule has 1 saturated heterocycles. The monoisotopic (exact) mass is 277 g/mol. The molecule has 0 saturated carbocycles. The second kappa shape index (κ2) is 5.27. The molecule has 19 heavy (non-hydrogen) atoms. The van der Waals surface area contributed by atoms with E-state index in [1.54, 1.807) is 6.08 Å². The lowest BCUT2D eigenvalue weighted by atomic mass is 10.1. The van der Waals surface area contributed by atoms with Crippen molar-refractivity contribution in [3.63, 3.8) is 0 Å². The van der Waals surface area contributed by atoms with Crippen LogP contribution < -0.4 is 0 Å². The molecule has 0 bridgehead atoms. The van der Waals surface area contributed by atoms with E-state index in [-0.39, 0.29) is 4.91 Å². The maximum Gasteiger partial charge on any atom is 0.323 e. The average Bonchev–Trinajstić information content (AvgIpc) is 2.57. The van der Waals surface area contributed by atoms with Gasteiger partial charge < -0.3 is 5.11 Å². The summed E-state index contributed by atoms with van der Waals surface area (Å²) in [7, 11) is 0. The summed E-state index contributed by atoms with van der Waals surface area (Å²) in [5, 5.41) is 8.10. The van der Waals surface area contributed by atoms with E-state index < -0.39 is 23.7 Å². The zero-order valence-corrected chi connectivity index (χ0v) is 10.9. The lowest BCUT2D eigenvalue weighted by Crippen LogP contribution is -2.33. The Balaban J connectivity index is 2.25. The number of hydrogen-bond donors (Lipinski definition) is 1. The minimum Gasteiger partial charge on any atom is -0.480 e. The van der Waals surface area contributed by atoms with Gasteiger partial charge in [0.1, 0.15) is 6.54 Å². The molecule has 1 heterocycles. The van der Waals surface area contributed by atoms with Gasteiger partial charge in [-0.25, -0.2) is 0 Å². The molecular formula is C13H11NO4S. The molecular weight excluding hydrogens is 266 g/mol. The Bertz CT molecular complexity index is 594. The highest BCUT2D eigenvalue weighted by molar-refractivity contribution is 8.18. The van der Waals surface area contributed by atoms with Crippen molar-refractivity contribution in [2.45, 2.75) is 6.92 Å². The summed E-state index contributed by atoms with van der Waals surface area (Å²) >= 11 is 0.760. The van der Waals surface area contributed by atoms with E-state index >= 15 is 0 Å². The number of carbonyl (C=O) groups excluding carboxylic acids is 2. The molecule has 1 aliphatic heterocycles. The van der Waals surface area contributed by atoms with E-state index in [1.807, 2.05) is 31.2 Å². The van der Waals surface area contributed by atoms with Crippen molar-refractivity contribution in [3.05, 3.63) is 40.3 Å². The second-order valence-corrected chi connectivity index (χ2v) is 5.07. The highest BCUT2D eigenvalue weighted by Gasteiger charge is 2.36. The SMILES string of the molecule is Cc1cccc(/C=C2/SC(=O)N(CC(=O)O)C2=O)c1. The fraction of sp³-hybridized carbons (Fsp3) is 0.154. The molecule has 1 fully saturated rings. The second-order valence-electron chi connectivity index (χ2n) is 4.08. The fourth-order valence-corrected chi connectivity index (χ4v) is 2.52. The Morgan fingerprint density at radius 1 is 1.42 bits per heavy atom. The van der Waals surface area contributed by atoms with Gasteiger partial charge in [0.2, 0.25) is 0 Å². The Morgan fingerprint density at radius 2 is 2.16 bits per heavy atom. The lowest BCUT2D eigenvalue weighted by Gasteiger charge is -2.07. The van der Waals surface area contributed by atoms with Gasteiger partial charge in [-0.3, -0.25) is 19.3 Å². The number of carboxylic acids is 1. The predicted molar refractivity (Wildman–Crippen MR) is 71.5 cm³/mol. The van der Waals surface area contributed by atoms with Crippen LogP contribution in [0.3, 0.4) is 0 Å². The summed E-state index contributed by atoms with van der Waals surface area (Å²) in [6, 6.07) is 7.47. The van der Waals surface area contributed by atoms with Gasteiger partial charge in [-0.2, -0.15) is 0 Å². The zero-order chi connectivity index (χ0) is 14.0. The fourth-order valence-electron chi connectivity index (χ4n) is 1.68. The van der Waals surface area contributed by atoms with Crippen LogP contribution in [0.15, 0.2) is 29.2 Å². The standard InChI is InChI=1S/C13H11NO4S/c1-8-3-2-4-9(5-8)6-10-12(17)14(7-11(15)16)13(18)19-10/h2-6H,7H2,1H3,(H,15,16)/b10-6+. The van der Waals surface area contributed by atoms with Crippen molar-refractivity contribution >= 4 is 35.0 Å². The van der Waals surface area contributed by atoms with Crippen LogP contribution in [0.5, 0.6) is 0 Å². The van der Waals surface area contributed by atoms with E-state index in [1.165, 1.54) is 0 Å². The smallest absolute Gasteiger partial charge is 0.323 e. The number of aliphatic carboxylic acids is 1. The summed E-state index contributed by atoms with van der Waals surface area (Å²) in [5.74, 6) is -1.77. The molecule has 2 amide bonds. The number of hydrogen-bond acceptors (Lipinski definition) is 4. The van der Waals surface area contributed by atoms with E-state index in [4.69, 9.17) is 5.11 Å². The Morgan fingerprint density at radius 3 is 2.79 bits per heavy atom. The third-order valence-electron chi connectivity index (χ3n) is 2.51. The van der Waals surface area contributed by atoms with Gasteiger partial charge in [0.05, 0.1) is 4.91 Å². The average molecular weight is 277 g/mol. The Labute approximate surface area is 113 Å². The number of nitrogens with zero attached hydrogens (tertiary/aromatic N) is 1. The molecule has 0 spiro atoms. The predicted octanol–water partition coefficient (Wildman–Crippen LogP) is 2.12. The molecule has 1 aromatic carbocycles. The highest BCUT2D eigenvalue weighted by atomic mass is 32.2. The first-order chi connectivity index (χ1) is 8.97. The van der Waals surface area contributed by atoms with Gasteiger partial charge in [-0.05, 0) is 30.3 Å². The van der Waals surface area contributed by atoms with Gasteiger partial charge in [0.25, 0.3) is 11.1 Å². The number of amides is 2. The summed E-state index contributed by atoms with van der Waals surface area (Å²) in [6.07, 6.45) is 1.60. The molecule has 0 aliphatic carbocycles. The number of imide groups is 1. The largest absolute Gasteiger partial charge is 0.480 e. The first-order valence-corrected chi connectivity index (χ1v) is 6.33. The minimum absolute atomic E-state index is 0.247. The number of carboxylic acid groups (broad SMARTS) is 1. The number of thioether (sulfide) groups is 1. The molecule has 5 nitrogen and oxygen atoms in total. The summed E-state index contributed by atoms with van der Waals surface area (Å²) in [5.41, 5.74) is 1.85. The van der Waals surface area contributed by atoms with Crippen LogP contribution in [0.25, 0.3) is 6.08 Å². The van der Waals surface area contributed by atoms with Crippen LogP contribution in [-0.2, 0) is 9.59 Å². The van der Waals surface area contributed by atoms with E-state index in [2.05, 4.69) is 0 Å². The Hall–Kier alpha value is -2.08. The molecule has 0 radical (unpaired) electrons. The zero-order valence-electron chi connectivity index (χ0n) is 10.1. The van der Waals surface area contributed by atoms with Crippen molar-refractivity contribution in [2.75, 3.05) is 6.54 Å². The molecule has 0 unspecified atom stereocenters. The minimum atomic E-state index is -1.21. The van der Waals surface area contributed by atoms with Crippen molar-refractivity contribution in [1.29, 1.82) is 0 Å². The molecule has 1 N–H and O–H groups in total. The van der Waals surface area contributed by atoms with Crippen LogP contribution in [0, 0.1) is 6.92 Å². The molecule has 0 atom stereocenters. The first-order valence-electron chi connectivity index (χ1n) is 5.51. The van der Waals surface area contributed by atoms with Gasteiger partial charge in [-0.1, -0.05) is 29.8 Å². The third kappa shape index (κ3) is 3.03. The number of aryl methyl sites for hydroxylation is 1. The van der Waals surface area contributed by atoms with E-state index in [0.717, 1.165) is 27.8 Å². The van der Waals surface area contributed by atoms with Crippen LogP contribution in [-0.4, -0.2) is 33.7 Å². The molecule has 0 aromatic heterocycles. The Kier molecular flexibility index (Phi) is 3.71. The first kappa shape index (κ1) is 13.4. The number of rotatable bonds is 3. The van der Waals surface area contributed by atoms with Crippen LogP contribution in [0.4, 0.5) is 4.79 Å². The lowest BCUT2D eigenvalue weighted by molar-refractivity contribution is -0.140. The summed E-state index contributed by atoms with van der Waals surface area (Å²) in [6.45, 7) is 1.32. The quantitative estimate of drug-likeness (QED) is 0.856. The number of benzene rings is 1. The van der Waals surface area contributed by atoms with E-state index in [0.29, 0.717) is 0 Å². The van der Waals surface area contributed by atoms with Crippen LogP contribution in [0.2, 0.25) is 0 Å². The van der Waals surface area contributed by atoms with Crippen molar-refractivity contribution in [3.8, 4) is 0 Å². The highest BCUT2D eigenvalue weighted by Crippen LogP contribution is 2.31. The maximum atomic E-state index is 11.9. The number of carbonyl (C=O) groups is 3. The summed E-state index contributed by atoms with van der Waals surface area (Å²) in [4.78, 5) is 35.0. The van der Waals surface area contributed by atoms with Gasteiger partial charge in [-0.15, -0.1) is 0 Å². The van der Waals surface area contributed by atoms with Gasteiger partial charge in [0, 0.05) is 0 Å². The maximum absolute atomic E-state index is 11.9. The van der Waals surface area contributed by atoms with Crippen LogP contribution >= 0.6 is 11.8 Å². The normalized spacial score (nSPS) is 17.3. The molecule has 1 aromatic rings. The molecule has 98 valence electrons. The van der Waals surface area contributed by atoms with Gasteiger partial charge >= 0.3 is 5.97 Å². The molecule has 1 aliphatic rings. The summed E-state index contributed by atoms with van der Waals surface area (Å²) < 4.78 is 0. The van der Waals surface area contributed by atoms with Crippen molar-refractivity contribution < 1.29 is 19.5 Å². The topological polar surface area (TPSA) is 74.7 Å². The third-order valence-corrected chi connectivity index (χ3v) is 3.41. The van der Waals surface area contributed by atoms with Crippen molar-refractivity contribution in [1.82, 2.24) is 4.90 Å². The van der Waals surface area contributed by atoms with Crippen LogP contribution in [0.1, 0.15) is 11.1 Å². The van der Waals surface area contributed by atoms with Crippen molar-refractivity contribution in [2.24, 2.45) is 0 Å². The molecule has 2 rings (SSSR count).